The summed E-state index contributed by atoms with van der Waals surface area (Å²) in [5.74, 6) is 0.0863. The van der Waals surface area contributed by atoms with Crippen molar-refractivity contribution in [3.63, 3.8) is 0 Å². The van der Waals surface area contributed by atoms with Gasteiger partial charge in [0, 0.05) is 25.3 Å². The Hall–Kier alpha value is -1.76. The molecule has 2 aliphatic rings. The van der Waals surface area contributed by atoms with Crippen LogP contribution in [0.15, 0.2) is 24.3 Å². The van der Waals surface area contributed by atoms with Gasteiger partial charge in [0.15, 0.2) is 0 Å². The lowest BCUT2D eigenvalue weighted by Crippen LogP contribution is -2.35. The van der Waals surface area contributed by atoms with Gasteiger partial charge >= 0.3 is 0 Å². The van der Waals surface area contributed by atoms with E-state index >= 15 is 0 Å². The fourth-order valence-electron chi connectivity index (χ4n) is 3.34. The summed E-state index contributed by atoms with van der Waals surface area (Å²) >= 11 is 1.54. The molecule has 3 heterocycles. The van der Waals surface area contributed by atoms with Crippen LogP contribution in [0.5, 0.6) is 0 Å². The van der Waals surface area contributed by atoms with Crippen LogP contribution in [0.25, 0.3) is 0 Å². The molecule has 4 rings (SSSR count). The molecule has 1 fully saturated rings. The van der Waals surface area contributed by atoms with E-state index in [4.69, 9.17) is 4.74 Å². The van der Waals surface area contributed by atoms with Crippen molar-refractivity contribution in [2.45, 2.75) is 19.9 Å². The minimum absolute atomic E-state index is 0.0863. The van der Waals surface area contributed by atoms with Crippen LogP contribution < -0.4 is 4.90 Å². The van der Waals surface area contributed by atoms with Crippen LogP contribution >= 0.6 is 11.3 Å². The number of fused-ring (bicyclic) bond motifs is 1. The van der Waals surface area contributed by atoms with E-state index < -0.39 is 0 Å². The van der Waals surface area contributed by atoms with E-state index in [0.717, 1.165) is 67.1 Å². The molecule has 0 N–H and O–H groups in total. The third kappa shape index (κ3) is 2.97. The lowest BCUT2D eigenvalue weighted by Gasteiger charge is -2.25. The van der Waals surface area contributed by atoms with Crippen molar-refractivity contribution in [2.75, 3.05) is 37.7 Å². The number of thiazole rings is 1. The molecule has 0 atom stereocenters. The third-order valence-electron chi connectivity index (χ3n) is 4.63. The Balaban J connectivity index is 1.53. The Kier molecular flexibility index (Phi) is 4.35. The van der Waals surface area contributed by atoms with Crippen molar-refractivity contribution >= 4 is 22.9 Å². The number of aryl methyl sites for hydroxylation is 1. The minimum Gasteiger partial charge on any atom is -0.379 e. The number of carbonyl (C=O) groups is 1. The molecule has 2 aliphatic heterocycles. The van der Waals surface area contributed by atoms with Crippen molar-refractivity contribution < 1.29 is 9.53 Å². The van der Waals surface area contributed by atoms with Crippen LogP contribution in [0.3, 0.4) is 0 Å². The predicted octanol–water partition coefficient (Wildman–Crippen LogP) is 2.49. The Morgan fingerprint density at radius 3 is 2.88 bits per heavy atom. The first-order chi connectivity index (χ1) is 11.7. The molecule has 0 unspecified atom stereocenters. The Morgan fingerprint density at radius 1 is 1.25 bits per heavy atom. The summed E-state index contributed by atoms with van der Waals surface area (Å²) in [6, 6.07) is 8.16. The second-order valence-electron chi connectivity index (χ2n) is 6.25. The van der Waals surface area contributed by atoms with E-state index in [9.17, 15) is 4.79 Å². The number of anilines is 1. The van der Waals surface area contributed by atoms with Gasteiger partial charge in [0.25, 0.3) is 5.91 Å². The monoisotopic (exact) mass is 343 g/mol. The van der Waals surface area contributed by atoms with Gasteiger partial charge in [0.1, 0.15) is 9.88 Å². The number of carbonyl (C=O) groups excluding carboxylic acids is 1. The third-order valence-corrected chi connectivity index (χ3v) is 5.76. The van der Waals surface area contributed by atoms with Crippen molar-refractivity contribution in [3.8, 4) is 0 Å². The number of ether oxygens (including phenoxy) is 1. The maximum Gasteiger partial charge on any atom is 0.270 e. The average Bonchev–Trinajstić information content (AvgIpc) is 3.19. The van der Waals surface area contributed by atoms with Gasteiger partial charge in [-0.1, -0.05) is 18.2 Å². The molecule has 0 radical (unpaired) electrons. The number of amides is 1. The van der Waals surface area contributed by atoms with Gasteiger partial charge in [-0.15, -0.1) is 11.3 Å². The predicted molar refractivity (Wildman–Crippen MR) is 94.8 cm³/mol. The molecule has 1 amide bonds. The van der Waals surface area contributed by atoms with E-state index in [1.54, 1.807) is 0 Å². The highest BCUT2D eigenvalue weighted by atomic mass is 32.1. The summed E-state index contributed by atoms with van der Waals surface area (Å²) in [7, 11) is 0. The van der Waals surface area contributed by atoms with Gasteiger partial charge in [-0.2, -0.15) is 0 Å². The largest absolute Gasteiger partial charge is 0.379 e. The lowest BCUT2D eigenvalue weighted by atomic mass is 10.2. The summed E-state index contributed by atoms with van der Waals surface area (Å²) in [4.78, 5) is 22.6. The quantitative estimate of drug-likeness (QED) is 0.859. The molecule has 6 heteroatoms. The SMILES string of the molecule is Cc1nc(CN2CCOCC2)sc1C(=O)N1CCc2ccccc21. The average molecular weight is 343 g/mol. The summed E-state index contributed by atoms with van der Waals surface area (Å²) in [5, 5.41) is 1.02. The minimum atomic E-state index is 0.0863. The molecule has 0 aliphatic carbocycles. The van der Waals surface area contributed by atoms with Crippen LogP contribution in [-0.2, 0) is 17.7 Å². The van der Waals surface area contributed by atoms with Gasteiger partial charge in [0.05, 0.1) is 25.5 Å². The molecular weight excluding hydrogens is 322 g/mol. The number of para-hydroxylation sites is 1. The topological polar surface area (TPSA) is 45.7 Å². The first-order valence-electron chi connectivity index (χ1n) is 8.38. The second kappa shape index (κ2) is 6.63. The number of hydrogen-bond donors (Lipinski definition) is 0. The highest BCUT2D eigenvalue weighted by Crippen LogP contribution is 2.31. The zero-order valence-corrected chi connectivity index (χ0v) is 14.6. The molecule has 0 saturated carbocycles. The van der Waals surface area contributed by atoms with E-state index in [-0.39, 0.29) is 5.91 Å². The number of morpholine rings is 1. The van der Waals surface area contributed by atoms with E-state index in [0.29, 0.717) is 0 Å². The molecule has 1 saturated heterocycles. The molecule has 1 aromatic carbocycles. The van der Waals surface area contributed by atoms with E-state index in [1.807, 2.05) is 30.0 Å². The van der Waals surface area contributed by atoms with Crippen molar-refractivity contribution in [1.82, 2.24) is 9.88 Å². The van der Waals surface area contributed by atoms with Gasteiger partial charge < -0.3 is 9.64 Å². The van der Waals surface area contributed by atoms with Crippen molar-refractivity contribution in [2.24, 2.45) is 0 Å². The molecule has 1 aromatic heterocycles. The van der Waals surface area contributed by atoms with Crippen LogP contribution in [0.4, 0.5) is 5.69 Å². The summed E-state index contributed by atoms with van der Waals surface area (Å²) in [6.45, 7) is 6.92. The zero-order chi connectivity index (χ0) is 16.5. The van der Waals surface area contributed by atoms with Gasteiger partial charge in [0.2, 0.25) is 0 Å². The molecule has 24 heavy (non-hydrogen) atoms. The van der Waals surface area contributed by atoms with E-state index in [1.165, 1.54) is 16.9 Å². The van der Waals surface area contributed by atoms with Gasteiger partial charge in [-0.3, -0.25) is 9.69 Å². The summed E-state index contributed by atoms with van der Waals surface area (Å²) in [6.07, 6.45) is 0.931. The van der Waals surface area contributed by atoms with Crippen LogP contribution in [0, 0.1) is 6.92 Å². The summed E-state index contributed by atoms with van der Waals surface area (Å²) in [5.41, 5.74) is 3.14. The molecule has 5 nitrogen and oxygen atoms in total. The smallest absolute Gasteiger partial charge is 0.270 e. The zero-order valence-electron chi connectivity index (χ0n) is 13.8. The standard InChI is InChI=1S/C18H21N3O2S/c1-13-17(24-16(19-13)12-20-8-10-23-11-9-20)18(22)21-7-6-14-4-2-3-5-15(14)21/h2-5H,6-12H2,1H3. The molecule has 0 bridgehead atoms. The maximum atomic E-state index is 13.0. The Bertz CT molecular complexity index is 752. The number of benzene rings is 1. The Morgan fingerprint density at radius 2 is 2.04 bits per heavy atom. The summed E-state index contributed by atoms with van der Waals surface area (Å²) < 4.78 is 5.39. The first-order valence-corrected chi connectivity index (χ1v) is 9.20. The van der Waals surface area contributed by atoms with Gasteiger partial charge in [-0.25, -0.2) is 4.98 Å². The lowest BCUT2D eigenvalue weighted by molar-refractivity contribution is 0.0341. The number of hydrogen-bond acceptors (Lipinski definition) is 5. The molecular formula is C18H21N3O2S. The van der Waals surface area contributed by atoms with Crippen molar-refractivity contribution in [3.05, 3.63) is 45.4 Å². The Labute approximate surface area is 145 Å². The number of aromatic nitrogens is 1. The molecule has 126 valence electrons. The van der Waals surface area contributed by atoms with Crippen LogP contribution in [0.2, 0.25) is 0 Å². The maximum absolute atomic E-state index is 13.0. The number of rotatable bonds is 3. The van der Waals surface area contributed by atoms with Crippen LogP contribution in [0.1, 0.15) is 25.9 Å². The van der Waals surface area contributed by atoms with E-state index in [2.05, 4.69) is 16.0 Å². The molecule has 2 aromatic rings. The van der Waals surface area contributed by atoms with Gasteiger partial charge in [-0.05, 0) is 25.0 Å². The van der Waals surface area contributed by atoms with Crippen molar-refractivity contribution in [1.29, 1.82) is 0 Å². The number of nitrogens with zero attached hydrogens (tertiary/aromatic N) is 3. The first kappa shape index (κ1) is 15.7. The highest BCUT2D eigenvalue weighted by Gasteiger charge is 2.28. The molecule has 0 spiro atoms. The fraction of sp³-hybridized carbons (Fsp3) is 0.444. The fourth-order valence-corrected chi connectivity index (χ4v) is 4.40. The normalized spacial score (nSPS) is 18.0. The second-order valence-corrected chi connectivity index (χ2v) is 7.33. The highest BCUT2D eigenvalue weighted by molar-refractivity contribution is 7.13. The van der Waals surface area contributed by atoms with Crippen LogP contribution in [-0.4, -0.2) is 48.6 Å².